The van der Waals surface area contributed by atoms with Crippen LogP contribution >= 0.6 is 11.6 Å². The average Bonchev–Trinajstić information content (AvgIpc) is 3.49. The van der Waals surface area contributed by atoms with Crippen LogP contribution in [0.1, 0.15) is 34.3 Å². The zero-order valence-corrected chi connectivity index (χ0v) is 16.9. The smallest absolute Gasteiger partial charge is 0.348 e. The van der Waals surface area contributed by atoms with Gasteiger partial charge in [-0.1, -0.05) is 17.7 Å². The van der Waals surface area contributed by atoms with Gasteiger partial charge >= 0.3 is 11.7 Å². The molecule has 0 aliphatic heterocycles. The Balaban J connectivity index is 1.63. The van der Waals surface area contributed by atoms with Crippen LogP contribution in [0.2, 0.25) is 5.02 Å². The van der Waals surface area contributed by atoms with Crippen LogP contribution in [0, 0.1) is 12.8 Å². The lowest BCUT2D eigenvalue weighted by Crippen LogP contribution is -2.24. The van der Waals surface area contributed by atoms with Gasteiger partial charge in [0.1, 0.15) is 0 Å². The number of nitrogens with zero attached hydrogens (tertiary/aromatic N) is 2. The Morgan fingerprint density at radius 3 is 2.70 bits per heavy atom. The maximum absolute atomic E-state index is 12.5. The van der Waals surface area contributed by atoms with Gasteiger partial charge in [-0.05, 0) is 61.2 Å². The van der Waals surface area contributed by atoms with E-state index in [2.05, 4.69) is 15.4 Å². The van der Waals surface area contributed by atoms with E-state index in [9.17, 15) is 19.5 Å². The SMILES string of the molecule is Cc1cc(-n2nc(-c3cc(CNC(=O)C4CC4)ccc3Cl)[nH]c2=O)ccc1C(=O)O. The predicted octanol–water partition coefficient (Wildman–Crippen LogP) is 2.91. The van der Waals surface area contributed by atoms with E-state index in [0.717, 1.165) is 23.1 Å². The van der Waals surface area contributed by atoms with Gasteiger partial charge in [-0.2, -0.15) is 4.68 Å². The largest absolute Gasteiger partial charge is 0.478 e. The van der Waals surface area contributed by atoms with Crippen molar-refractivity contribution in [2.24, 2.45) is 5.92 Å². The molecule has 0 bridgehead atoms. The summed E-state index contributed by atoms with van der Waals surface area (Å²) in [6, 6.07) is 9.82. The van der Waals surface area contributed by atoms with E-state index >= 15 is 0 Å². The second-order valence-electron chi connectivity index (χ2n) is 7.30. The van der Waals surface area contributed by atoms with Gasteiger partial charge in [-0.3, -0.25) is 9.78 Å². The van der Waals surface area contributed by atoms with Crippen LogP contribution in [0.25, 0.3) is 17.1 Å². The van der Waals surface area contributed by atoms with Crippen LogP contribution in [-0.2, 0) is 11.3 Å². The van der Waals surface area contributed by atoms with Gasteiger partial charge in [-0.15, -0.1) is 5.10 Å². The molecule has 8 nitrogen and oxygen atoms in total. The third kappa shape index (κ3) is 3.99. The number of aromatic carboxylic acids is 1. The second kappa shape index (κ2) is 7.79. The molecule has 3 aromatic rings. The van der Waals surface area contributed by atoms with E-state index in [1.807, 2.05) is 6.07 Å². The zero-order chi connectivity index (χ0) is 21.4. The summed E-state index contributed by atoms with van der Waals surface area (Å²) in [5, 5.41) is 16.8. The summed E-state index contributed by atoms with van der Waals surface area (Å²) in [6.07, 6.45) is 1.87. The standard InChI is InChI=1S/C21H19ClN4O4/c1-11-8-14(5-6-15(11)20(28)29)26-21(30)24-18(25-26)16-9-12(2-7-17(16)22)10-23-19(27)13-3-4-13/h2,5-9,13H,3-4,10H2,1H3,(H,23,27)(H,28,29)(H,24,25,30). The fourth-order valence-electron chi connectivity index (χ4n) is 3.18. The molecule has 1 aromatic heterocycles. The molecule has 30 heavy (non-hydrogen) atoms. The van der Waals surface area contributed by atoms with Gasteiger partial charge < -0.3 is 10.4 Å². The molecule has 1 amide bonds. The normalized spacial score (nSPS) is 13.3. The Kier molecular flexibility index (Phi) is 5.17. The Morgan fingerprint density at radius 2 is 2.03 bits per heavy atom. The summed E-state index contributed by atoms with van der Waals surface area (Å²) in [6.45, 7) is 2.02. The molecule has 9 heteroatoms. The summed E-state index contributed by atoms with van der Waals surface area (Å²) in [7, 11) is 0. The quantitative estimate of drug-likeness (QED) is 0.560. The number of amides is 1. The van der Waals surface area contributed by atoms with Crippen molar-refractivity contribution in [3.63, 3.8) is 0 Å². The van der Waals surface area contributed by atoms with Gasteiger partial charge in [0.2, 0.25) is 5.91 Å². The molecule has 0 spiro atoms. The number of hydrogen-bond acceptors (Lipinski definition) is 4. The summed E-state index contributed by atoms with van der Waals surface area (Å²) >= 11 is 6.32. The second-order valence-corrected chi connectivity index (χ2v) is 7.71. The molecule has 1 aliphatic rings. The summed E-state index contributed by atoms with van der Waals surface area (Å²) in [5.74, 6) is -0.587. The number of carboxylic acid groups (broad SMARTS) is 1. The van der Waals surface area contributed by atoms with Crippen LogP contribution in [0.15, 0.2) is 41.2 Å². The van der Waals surface area contributed by atoms with Crippen molar-refractivity contribution in [1.82, 2.24) is 20.1 Å². The van der Waals surface area contributed by atoms with E-state index < -0.39 is 11.7 Å². The zero-order valence-electron chi connectivity index (χ0n) is 16.1. The van der Waals surface area contributed by atoms with Crippen LogP contribution < -0.4 is 11.0 Å². The highest BCUT2D eigenvalue weighted by molar-refractivity contribution is 6.33. The number of carbonyl (C=O) groups excluding carboxylic acids is 1. The molecule has 4 rings (SSSR count). The number of rotatable bonds is 6. The number of H-pyrrole nitrogens is 1. The van der Waals surface area contributed by atoms with Crippen molar-refractivity contribution < 1.29 is 14.7 Å². The molecule has 0 saturated heterocycles. The lowest BCUT2D eigenvalue weighted by atomic mass is 10.1. The highest BCUT2D eigenvalue weighted by atomic mass is 35.5. The van der Waals surface area contributed by atoms with Crippen LogP contribution in [0.3, 0.4) is 0 Å². The van der Waals surface area contributed by atoms with E-state index in [1.165, 1.54) is 12.1 Å². The van der Waals surface area contributed by atoms with Gasteiger partial charge in [-0.25, -0.2) is 9.59 Å². The van der Waals surface area contributed by atoms with Gasteiger partial charge in [0, 0.05) is 18.0 Å². The fourth-order valence-corrected chi connectivity index (χ4v) is 3.39. The highest BCUT2D eigenvalue weighted by Crippen LogP contribution is 2.29. The Hall–Kier alpha value is -3.39. The lowest BCUT2D eigenvalue weighted by Gasteiger charge is -2.07. The molecule has 1 saturated carbocycles. The molecule has 154 valence electrons. The van der Waals surface area contributed by atoms with E-state index in [-0.39, 0.29) is 23.2 Å². The minimum Gasteiger partial charge on any atom is -0.478 e. The molecule has 0 atom stereocenters. The first-order chi connectivity index (χ1) is 14.3. The third-order valence-corrected chi connectivity index (χ3v) is 5.33. The Labute approximate surface area is 176 Å². The van der Waals surface area contributed by atoms with Gasteiger partial charge in [0.05, 0.1) is 16.3 Å². The molecule has 1 fully saturated rings. The third-order valence-electron chi connectivity index (χ3n) is 5.00. The van der Waals surface area contributed by atoms with Crippen molar-refractivity contribution in [1.29, 1.82) is 0 Å². The summed E-state index contributed by atoms with van der Waals surface area (Å²) in [4.78, 5) is 38.2. The molecule has 3 N–H and O–H groups in total. The molecular formula is C21H19ClN4O4. The lowest BCUT2D eigenvalue weighted by molar-refractivity contribution is -0.122. The maximum Gasteiger partial charge on any atom is 0.348 e. The predicted molar refractivity (Wildman–Crippen MR) is 111 cm³/mol. The number of benzene rings is 2. The first kappa shape index (κ1) is 19.9. The number of hydrogen-bond donors (Lipinski definition) is 3. The molecular weight excluding hydrogens is 408 g/mol. The minimum absolute atomic E-state index is 0.0457. The van der Waals surface area contributed by atoms with Crippen LogP contribution in [-0.4, -0.2) is 31.7 Å². The fraction of sp³-hybridized carbons (Fsp3) is 0.238. The van der Waals surface area contributed by atoms with E-state index in [1.54, 1.807) is 25.1 Å². The van der Waals surface area contributed by atoms with Crippen molar-refractivity contribution in [2.45, 2.75) is 26.3 Å². The Morgan fingerprint density at radius 1 is 1.27 bits per heavy atom. The van der Waals surface area contributed by atoms with Crippen molar-refractivity contribution in [3.05, 3.63) is 68.6 Å². The first-order valence-corrected chi connectivity index (χ1v) is 9.81. The monoisotopic (exact) mass is 426 g/mol. The number of nitrogens with one attached hydrogen (secondary N) is 2. The molecule has 0 radical (unpaired) electrons. The van der Waals surface area contributed by atoms with Gasteiger partial charge in [0.25, 0.3) is 0 Å². The topological polar surface area (TPSA) is 117 Å². The number of carbonyl (C=O) groups is 2. The molecule has 2 aromatic carbocycles. The summed E-state index contributed by atoms with van der Waals surface area (Å²) < 4.78 is 1.16. The van der Waals surface area contributed by atoms with E-state index in [0.29, 0.717) is 28.4 Å². The number of halogens is 1. The molecule has 1 heterocycles. The van der Waals surface area contributed by atoms with Crippen molar-refractivity contribution >= 4 is 23.5 Å². The average molecular weight is 427 g/mol. The molecule has 1 aliphatic carbocycles. The van der Waals surface area contributed by atoms with Crippen LogP contribution in [0.4, 0.5) is 0 Å². The molecule has 0 unspecified atom stereocenters. The van der Waals surface area contributed by atoms with Crippen LogP contribution in [0.5, 0.6) is 0 Å². The minimum atomic E-state index is -1.04. The number of aryl methyl sites for hydroxylation is 1. The van der Waals surface area contributed by atoms with Gasteiger partial charge in [0.15, 0.2) is 5.82 Å². The summed E-state index contributed by atoms with van der Waals surface area (Å²) in [5.41, 5.74) is 2.00. The number of carboxylic acids is 1. The van der Waals surface area contributed by atoms with E-state index in [4.69, 9.17) is 11.6 Å². The maximum atomic E-state index is 12.5. The van der Waals surface area contributed by atoms with Crippen molar-refractivity contribution in [2.75, 3.05) is 0 Å². The number of aromatic nitrogens is 3. The first-order valence-electron chi connectivity index (χ1n) is 9.43. The Bertz CT molecular complexity index is 1210. The highest BCUT2D eigenvalue weighted by Gasteiger charge is 2.29. The number of aromatic amines is 1. The van der Waals surface area contributed by atoms with Crippen molar-refractivity contribution in [3.8, 4) is 17.1 Å².